The first-order valence-corrected chi connectivity index (χ1v) is 9.08. The number of nitrogens with zero attached hydrogens (tertiary/aromatic N) is 2. The SMILES string of the molecule is O=C1Nc2ccc(Cl)cc2C(c2ccccc2)=NC1N1CCCCC1. The number of carbonyl (C=O) groups excluding carboxylic acids is 1. The van der Waals surface area contributed by atoms with Crippen molar-refractivity contribution in [2.75, 3.05) is 18.4 Å². The van der Waals surface area contributed by atoms with Crippen molar-refractivity contribution < 1.29 is 4.79 Å². The van der Waals surface area contributed by atoms with Crippen LogP contribution in [0.5, 0.6) is 0 Å². The average Bonchev–Trinajstić information content (AvgIpc) is 2.79. The highest BCUT2D eigenvalue weighted by Crippen LogP contribution is 2.28. The summed E-state index contributed by atoms with van der Waals surface area (Å²) in [6.07, 6.45) is 2.94. The standard InChI is InChI=1S/C20H20ClN3O/c21-15-9-10-17-16(13-15)18(14-7-3-1-4-8-14)23-19(20(25)22-17)24-11-5-2-6-12-24/h1,3-4,7-10,13,19H,2,5-6,11-12H2,(H,22,25). The number of nitrogens with one attached hydrogen (secondary N) is 1. The summed E-state index contributed by atoms with van der Waals surface area (Å²) in [7, 11) is 0. The minimum atomic E-state index is -0.498. The quantitative estimate of drug-likeness (QED) is 0.888. The molecule has 1 N–H and O–H groups in total. The van der Waals surface area contributed by atoms with E-state index >= 15 is 0 Å². The Morgan fingerprint density at radius 3 is 2.56 bits per heavy atom. The summed E-state index contributed by atoms with van der Waals surface area (Å²) in [6.45, 7) is 1.81. The molecule has 0 saturated carbocycles. The number of benzene rings is 2. The Bertz CT molecular complexity index is 813. The summed E-state index contributed by atoms with van der Waals surface area (Å²) in [6, 6.07) is 15.5. The molecule has 2 aromatic carbocycles. The van der Waals surface area contributed by atoms with Gasteiger partial charge in [-0.2, -0.15) is 0 Å². The molecule has 128 valence electrons. The molecule has 0 spiro atoms. The Labute approximate surface area is 152 Å². The summed E-state index contributed by atoms with van der Waals surface area (Å²) in [5.74, 6) is -0.0728. The number of fused-ring (bicyclic) bond motifs is 1. The van der Waals surface area contributed by atoms with E-state index in [1.165, 1.54) is 6.42 Å². The second kappa shape index (κ2) is 6.98. The largest absolute Gasteiger partial charge is 0.322 e. The van der Waals surface area contributed by atoms with Gasteiger partial charge in [0.15, 0.2) is 6.17 Å². The van der Waals surface area contributed by atoms with E-state index in [2.05, 4.69) is 10.2 Å². The Morgan fingerprint density at radius 1 is 1.04 bits per heavy atom. The Morgan fingerprint density at radius 2 is 1.80 bits per heavy atom. The molecule has 1 saturated heterocycles. The van der Waals surface area contributed by atoms with Crippen LogP contribution in [-0.4, -0.2) is 35.8 Å². The van der Waals surface area contributed by atoms with Crippen LogP contribution in [0.3, 0.4) is 0 Å². The minimum Gasteiger partial charge on any atom is -0.322 e. The van der Waals surface area contributed by atoms with E-state index in [1.54, 1.807) is 6.07 Å². The summed E-state index contributed by atoms with van der Waals surface area (Å²) in [4.78, 5) is 19.9. The molecule has 1 atom stereocenters. The van der Waals surface area contributed by atoms with E-state index in [0.29, 0.717) is 5.02 Å². The monoisotopic (exact) mass is 353 g/mol. The number of benzodiazepines with no additional fused rings is 1. The lowest BCUT2D eigenvalue weighted by atomic mass is 10.0. The van der Waals surface area contributed by atoms with Crippen molar-refractivity contribution in [2.24, 2.45) is 4.99 Å². The topological polar surface area (TPSA) is 44.7 Å². The molecule has 1 unspecified atom stereocenters. The fourth-order valence-electron chi connectivity index (χ4n) is 3.51. The van der Waals surface area contributed by atoms with Crippen molar-refractivity contribution in [3.63, 3.8) is 0 Å². The molecule has 1 amide bonds. The van der Waals surface area contributed by atoms with Crippen LogP contribution in [0, 0.1) is 0 Å². The first-order valence-electron chi connectivity index (χ1n) is 8.70. The van der Waals surface area contributed by atoms with Gasteiger partial charge in [0, 0.05) is 29.2 Å². The molecule has 2 aliphatic heterocycles. The van der Waals surface area contributed by atoms with Crippen LogP contribution >= 0.6 is 11.6 Å². The van der Waals surface area contributed by atoms with Crippen LogP contribution in [0.1, 0.15) is 30.4 Å². The van der Waals surface area contributed by atoms with E-state index in [1.807, 2.05) is 42.5 Å². The fraction of sp³-hybridized carbons (Fsp3) is 0.300. The number of hydrogen-bond donors (Lipinski definition) is 1. The summed E-state index contributed by atoms with van der Waals surface area (Å²) in [5, 5.41) is 3.68. The predicted octanol–water partition coefficient (Wildman–Crippen LogP) is 3.94. The second-order valence-corrected chi connectivity index (χ2v) is 6.93. The van der Waals surface area contributed by atoms with Gasteiger partial charge in [0.05, 0.1) is 11.4 Å². The van der Waals surface area contributed by atoms with Gasteiger partial charge >= 0.3 is 0 Å². The molecule has 0 bridgehead atoms. The van der Waals surface area contributed by atoms with Crippen LogP contribution < -0.4 is 5.32 Å². The maximum atomic E-state index is 12.8. The summed E-state index contributed by atoms with van der Waals surface area (Å²) in [5.41, 5.74) is 3.43. The highest BCUT2D eigenvalue weighted by atomic mass is 35.5. The zero-order valence-electron chi connectivity index (χ0n) is 13.9. The maximum absolute atomic E-state index is 12.8. The lowest BCUT2D eigenvalue weighted by Gasteiger charge is -2.30. The molecule has 1 fully saturated rings. The molecule has 2 heterocycles. The molecule has 4 nitrogen and oxygen atoms in total. The van der Waals surface area contributed by atoms with Gasteiger partial charge < -0.3 is 5.32 Å². The number of carbonyl (C=O) groups is 1. The van der Waals surface area contributed by atoms with Gasteiger partial charge in [-0.1, -0.05) is 48.4 Å². The third-order valence-corrected chi connectivity index (χ3v) is 5.00. The number of rotatable bonds is 2. The minimum absolute atomic E-state index is 0.0728. The van der Waals surface area contributed by atoms with Crippen molar-refractivity contribution in [1.82, 2.24) is 4.90 Å². The highest BCUT2D eigenvalue weighted by Gasteiger charge is 2.31. The van der Waals surface area contributed by atoms with Crippen molar-refractivity contribution >= 4 is 28.9 Å². The second-order valence-electron chi connectivity index (χ2n) is 6.49. The van der Waals surface area contributed by atoms with Gasteiger partial charge in [0.25, 0.3) is 5.91 Å². The number of aliphatic imine (C=N–C) groups is 1. The van der Waals surface area contributed by atoms with Gasteiger partial charge in [-0.3, -0.25) is 14.7 Å². The summed E-state index contributed by atoms with van der Waals surface area (Å²) < 4.78 is 0. The van der Waals surface area contributed by atoms with Crippen LogP contribution in [0.4, 0.5) is 5.69 Å². The summed E-state index contributed by atoms with van der Waals surface area (Å²) >= 11 is 6.23. The number of amides is 1. The zero-order chi connectivity index (χ0) is 17.2. The molecular formula is C20H20ClN3O. The normalized spacial score (nSPS) is 21.1. The van der Waals surface area contributed by atoms with Crippen LogP contribution in [0.2, 0.25) is 5.02 Å². The number of anilines is 1. The third kappa shape index (κ3) is 3.32. The van der Waals surface area contributed by atoms with E-state index in [0.717, 1.165) is 48.5 Å². The van der Waals surface area contributed by atoms with Gasteiger partial charge in [0.1, 0.15) is 0 Å². The van der Waals surface area contributed by atoms with E-state index in [9.17, 15) is 4.79 Å². The molecule has 2 aliphatic rings. The molecule has 0 radical (unpaired) electrons. The van der Waals surface area contributed by atoms with Crippen molar-refractivity contribution in [3.05, 3.63) is 64.7 Å². The Hall–Kier alpha value is -2.17. The fourth-order valence-corrected chi connectivity index (χ4v) is 3.68. The highest BCUT2D eigenvalue weighted by molar-refractivity contribution is 6.32. The molecule has 25 heavy (non-hydrogen) atoms. The van der Waals surface area contributed by atoms with Gasteiger partial charge in [-0.05, 0) is 31.0 Å². The lowest BCUT2D eigenvalue weighted by Crippen LogP contribution is -2.45. The smallest absolute Gasteiger partial charge is 0.264 e. The molecule has 0 aliphatic carbocycles. The van der Waals surface area contributed by atoms with Crippen LogP contribution in [0.15, 0.2) is 53.5 Å². The van der Waals surface area contributed by atoms with E-state index in [-0.39, 0.29) is 5.91 Å². The van der Waals surface area contributed by atoms with Gasteiger partial charge in [-0.15, -0.1) is 0 Å². The number of likely N-dealkylation sites (tertiary alicyclic amines) is 1. The van der Waals surface area contributed by atoms with E-state index < -0.39 is 6.17 Å². The number of piperidine rings is 1. The van der Waals surface area contributed by atoms with Crippen molar-refractivity contribution in [1.29, 1.82) is 0 Å². The lowest BCUT2D eigenvalue weighted by molar-refractivity contribution is -0.121. The van der Waals surface area contributed by atoms with Gasteiger partial charge in [0.2, 0.25) is 0 Å². The van der Waals surface area contributed by atoms with Gasteiger partial charge in [-0.25, -0.2) is 0 Å². The Balaban J connectivity index is 1.84. The zero-order valence-corrected chi connectivity index (χ0v) is 14.7. The molecule has 2 aromatic rings. The predicted molar refractivity (Wildman–Crippen MR) is 101 cm³/mol. The molecule has 4 rings (SSSR count). The number of hydrogen-bond acceptors (Lipinski definition) is 3. The number of halogens is 1. The molecule has 0 aromatic heterocycles. The van der Waals surface area contributed by atoms with Crippen LogP contribution in [0.25, 0.3) is 0 Å². The first-order chi connectivity index (χ1) is 12.2. The maximum Gasteiger partial charge on any atom is 0.264 e. The molecular weight excluding hydrogens is 334 g/mol. The average molecular weight is 354 g/mol. The first kappa shape index (κ1) is 16.3. The van der Waals surface area contributed by atoms with Crippen molar-refractivity contribution in [2.45, 2.75) is 25.4 Å². The van der Waals surface area contributed by atoms with Crippen LogP contribution in [-0.2, 0) is 4.79 Å². The van der Waals surface area contributed by atoms with Crippen molar-refractivity contribution in [3.8, 4) is 0 Å². The third-order valence-electron chi connectivity index (χ3n) is 4.76. The van der Waals surface area contributed by atoms with E-state index in [4.69, 9.17) is 16.6 Å². The molecule has 5 heteroatoms. The Kier molecular flexibility index (Phi) is 4.55.